The first-order chi connectivity index (χ1) is 14.4. The second-order valence-electron chi connectivity index (χ2n) is 7.30. The molecule has 0 aliphatic heterocycles. The van der Waals surface area contributed by atoms with E-state index in [1.54, 1.807) is 16.8 Å². The summed E-state index contributed by atoms with van der Waals surface area (Å²) in [5.41, 5.74) is 5.47. The molecule has 0 aliphatic carbocycles. The van der Waals surface area contributed by atoms with E-state index < -0.39 is 5.91 Å². The molecule has 30 heavy (non-hydrogen) atoms. The van der Waals surface area contributed by atoms with Crippen molar-refractivity contribution < 1.29 is 4.79 Å². The van der Waals surface area contributed by atoms with Crippen LogP contribution >= 0.6 is 11.6 Å². The molecule has 3 aromatic carbocycles. The van der Waals surface area contributed by atoms with Crippen LogP contribution in [-0.4, -0.2) is 20.7 Å². The third kappa shape index (κ3) is 4.11. The Balaban J connectivity index is 1.76. The molecule has 0 atom stereocenters. The number of halogens is 1. The fourth-order valence-electron chi connectivity index (χ4n) is 3.18. The number of aromatic nitrogens is 3. The molecule has 1 heterocycles. The van der Waals surface area contributed by atoms with Crippen molar-refractivity contribution in [3.63, 3.8) is 0 Å². The molecule has 4 rings (SSSR count). The van der Waals surface area contributed by atoms with Gasteiger partial charge in [-0.2, -0.15) is 0 Å². The minimum absolute atomic E-state index is 0.0877. The molecule has 1 amide bonds. The number of rotatable bonds is 4. The first-order valence-corrected chi connectivity index (χ1v) is 9.97. The number of benzene rings is 3. The number of carbonyl (C=O) groups is 1. The maximum atomic E-state index is 12.9. The number of anilines is 1. The second-order valence-corrected chi connectivity index (χ2v) is 7.70. The van der Waals surface area contributed by atoms with Crippen molar-refractivity contribution in [2.24, 2.45) is 0 Å². The number of hydrogen-bond donors (Lipinski definition) is 1. The molecule has 0 spiro atoms. The lowest BCUT2D eigenvalue weighted by Crippen LogP contribution is -2.14. The topological polar surface area (TPSA) is 59.8 Å². The third-order valence-corrected chi connectivity index (χ3v) is 5.17. The van der Waals surface area contributed by atoms with Crippen LogP contribution in [0.25, 0.3) is 17.1 Å². The van der Waals surface area contributed by atoms with Gasteiger partial charge in [-0.3, -0.25) is 4.79 Å². The van der Waals surface area contributed by atoms with Gasteiger partial charge in [0.2, 0.25) is 5.82 Å². The Hall–Kier alpha value is -3.44. The molecule has 150 valence electrons. The predicted octanol–water partition coefficient (Wildman–Crippen LogP) is 5.77. The lowest BCUT2D eigenvalue weighted by Gasteiger charge is -2.07. The minimum Gasteiger partial charge on any atom is -0.319 e. The average Bonchev–Trinajstić information content (AvgIpc) is 3.16. The van der Waals surface area contributed by atoms with Crippen LogP contribution in [0.5, 0.6) is 0 Å². The summed E-state index contributed by atoms with van der Waals surface area (Å²) < 4.78 is 1.71. The Labute approximate surface area is 180 Å². The molecule has 5 nitrogen and oxygen atoms in total. The van der Waals surface area contributed by atoms with Gasteiger partial charge in [-0.1, -0.05) is 53.6 Å². The van der Waals surface area contributed by atoms with Crippen LogP contribution in [0.3, 0.4) is 0 Å². The zero-order chi connectivity index (χ0) is 21.3. The molecule has 0 aliphatic rings. The van der Waals surface area contributed by atoms with E-state index in [0.29, 0.717) is 16.5 Å². The molecule has 0 unspecified atom stereocenters. The molecule has 1 aromatic heterocycles. The van der Waals surface area contributed by atoms with Gasteiger partial charge >= 0.3 is 0 Å². The van der Waals surface area contributed by atoms with Crippen LogP contribution in [0.15, 0.2) is 66.7 Å². The first kappa shape index (κ1) is 19.9. The number of nitrogens with one attached hydrogen (secondary N) is 1. The number of carbonyl (C=O) groups excluding carboxylic acids is 1. The molecule has 0 fully saturated rings. The molecule has 0 bridgehead atoms. The highest BCUT2D eigenvalue weighted by Gasteiger charge is 2.19. The van der Waals surface area contributed by atoms with Crippen LogP contribution in [-0.2, 0) is 0 Å². The number of nitrogens with zero attached hydrogens (tertiary/aromatic N) is 3. The van der Waals surface area contributed by atoms with Gasteiger partial charge in [-0.05, 0) is 62.2 Å². The van der Waals surface area contributed by atoms with E-state index in [2.05, 4.69) is 15.4 Å². The quantitative estimate of drug-likeness (QED) is 0.459. The molecule has 4 aromatic rings. The largest absolute Gasteiger partial charge is 0.319 e. The highest BCUT2D eigenvalue weighted by Crippen LogP contribution is 2.24. The second kappa shape index (κ2) is 8.13. The Morgan fingerprint density at radius 1 is 0.933 bits per heavy atom. The Bertz CT molecular complexity index is 1180. The maximum absolute atomic E-state index is 12.9. The number of amides is 1. The summed E-state index contributed by atoms with van der Waals surface area (Å²) in [6.07, 6.45) is 0. The summed E-state index contributed by atoms with van der Waals surface area (Å²) in [6, 6.07) is 21.3. The first-order valence-electron chi connectivity index (χ1n) is 9.59. The van der Waals surface area contributed by atoms with Gasteiger partial charge in [0, 0.05) is 16.3 Å². The summed E-state index contributed by atoms with van der Waals surface area (Å²) in [5.74, 6) is 0.302. The van der Waals surface area contributed by atoms with E-state index in [4.69, 9.17) is 11.6 Å². The van der Waals surface area contributed by atoms with Crippen molar-refractivity contribution in [2.45, 2.75) is 20.8 Å². The zero-order valence-electron chi connectivity index (χ0n) is 17.0. The fraction of sp³-hybridized carbons (Fsp3) is 0.125. The lowest BCUT2D eigenvalue weighted by atomic mass is 10.1. The fourth-order valence-corrected chi connectivity index (χ4v) is 3.36. The van der Waals surface area contributed by atoms with Gasteiger partial charge in [-0.25, -0.2) is 9.67 Å². The Morgan fingerprint density at radius 2 is 1.67 bits per heavy atom. The summed E-state index contributed by atoms with van der Waals surface area (Å²) in [5, 5.41) is 7.94. The van der Waals surface area contributed by atoms with Gasteiger partial charge in [0.1, 0.15) is 0 Å². The molecule has 0 radical (unpaired) electrons. The van der Waals surface area contributed by atoms with E-state index in [9.17, 15) is 4.79 Å². The molecule has 6 heteroatoms. The van der Waals surface area contributed by atoms with Crippen LogP contribution in [0, 0.1) is 20.8 Å². The van der Waals surface area contributed by atoms with Crippen molar-refractivity contribution in [2.75, 3.05) is 5.32 Å². The highest BCUT2D eigenvalue weighted by molar-refractivity contribution is 6.31. The SMILES string of the molecule is Cc1cccc(-c2nc(C(=O)Nc3ccc(C)c(Cl)c3)nn2-c2cccc(C)c2)c1. The van der Waals surface area contributed by atoms with E-state index in [1.165, 1.54) is 0 Å². The smallest absolute Gasteiger partial charge is 0.295 e. The van der Waals surface area contributed by atoms with Crippen LogP contribution in [0.2, 0.25) is 5.02 Å². The van der Waals surface area contributed by atoms with Crippen LogP contribution in [0.4, 0.5) is 5.69 Å². The average molecular weight is 417 g/mol. The summed E-state index contributed by atoms with van der Waals surface area (Å²) in [4.78, 5) is 17.5. The van der Waals surface area contributed by atoms with Gasteiger partial charge in [-0.15, -0.1) is 5.10 Å². The lowest BCUT2D eigenvalue weighted by molar-refractivity contribution is 0.101. The Kier molecular flexibility index (Phi) is 5.38. The van der Waals surface area contributed by atoms with Crippen molar-refractivity contribution in [3.8, 4) is 17.1 Å². The maximum Gasteiger partial charge on any atom is 0.295 e. The summed E-state index contributed by atoms with van der Waals surface area (Å²) in [6.45, 7) is 5.94. The van der Waals surface area contributed by atoms with Crippen molar-refractivity contribution in [3.05, 3.63) is 94.3 Å². The summed E-state index contributed by atoms with van der Waals surface area (Å²) >= 11 is 6.18. The summed E-state index contributed by atoms with van der Waals surface area (Å²) in [7, 11) is 0. The van der Waals surface area contributed by atoms with E-state index in [1.807, 2.05) is 75.4 Å². The van der Waals surface area contributed by atoms with Crippen LogP contribution in [0.1, 0.15) is 27.3 Å². The third-order valence-electron chi connectivity index (χ3n) is 4.76. The van der Waals surface area contributed by atoms with Crippen molar-refractivity contribution in [1.29, 1.82) is 0 Å². The molecular formula is C24H21ClN4O. The van der Waals surface area contributed by atoms with E-state index >= 15 is 0 Å². The van der Waals surface area contributed by atoms with Crippen LogP contribution < -0.4 is 5.32 Å². The van der Waals surface area contributed by atoms with E-state index in [0.717, 1.165) is 27.9 Å². The number of aryl methyl sites for hydroxylation is 3. The number of hydrogen-bond acceptors (Lipinski definition) is 3. The van der Waals surface area contributed by atoms with Gasteiger partial charge in [0.05, 0.1) is 5.69 Å². The van der Waals surface area contributed by atoms with Gasteiger partial charge in [0.25, 0.3) is 5.91 Å². The van der Waals surface area contributed by atoms with Crippen molar-refractivity contribution >= 4 is 23.2 Å². The molecule has 0 saturated carbocycles. The highest BCUT2D eigenvalue weighted by atomic mass is 35.5. The Morgan fingerprint density at radius 3 is 2.37 bits per heavy atom. The standard InChI is InChI=1S/C24H21ClN4O/c1-15-6-4-8-18(12-15)23-27-22(28-29(23)20-9-5-7-16(2)13-20)24(30)26-19-11-10-17(3)21(25)14-19/h4-14H,1-3H3,(H,26,30). The van der Waals surface area contributed by atoms with E-state index in [-0.39, 0.29) is 5.82 Å². The van der Waals surface area contributed by atoms with Gasteiger partial charge in [0.15, 0.2) is 5.82 Å². The molecular weight excluding hydrogens is 396 g/mol. The molecule has 0 saturated heterocycles. The van der Waals surface area contributed by atoms with Crippen molar-refractivity contribution in [1.82, 2.24) is 14.8 Å². The minimum atomic E-state index is -0.393. The predicted molar refractivity (Wildman–Crippen MR) is 120 cm³/mol. The molecule has 1 N–H and O–H groups in total. The monoisotopic (exact) mass is 416 g/mol. The normalized spacial score (nSPS) is 10.8. The van der Waals surface area contributed by atoms with Gasteiger partial charge < -0.3 is 5.32 Å². The zero-order valence-corrected chi connectivity index (χ0v) is 17.7.